The molecule has 4 N–H and O–H groups in total. The number of amides is 2. The first-order valence-corrected chi connectivity index (χ1v) is 15.5. The van der Waals surface area contributed by atoms with Crippen molar-refractivity contribution < 1.29 is 53.1 Å². The first kappa shape index (κ1) is 40.4. The van der Waals surface area contributed by atoms with Gasteiger partial charge >= 0.3 is 11.9 Å². The van der Waals surface area contributed by atoms with Crippen LogP contribution >= 0.6 is 0 Å². The Hall–Kier alpha value is -2.61. The van der Waals surface area contributed by atoms with E-state index in [2.05, 4.69) is 10.6 Å². The van der Waals surface area contributed by atoms with Crippen LogP contribution in [-0.2, 0) is 42.9 Å². The lowest BCUT2D eigenvalue weighted by Crippen LogP contribution is -2.41. The summed E-state index contributed by atoms with van der Waals surface area (Å²) in [5.74, 6) is -2.33. The van der Waals surface area contributed by atoms with E-state index in [-0.39, 0.29) is 44.8 Å². The van der Waals surface area contributed by atoms with E-state index < -0.39 is 23.9 Å². The summed E-state index contributed by atoms with van der Waals surface area (Å²) in [7, 11) is 0. The zero-order valence-electron chi connectivity index (χ0n) is 25.6. The quantitative estimate of drug-likeness (QED) is 0.0793. The van der Waals surface area contributed by atoms with Gasteiger partial charge in [0.25, 0.3) is 0 Å². The Morgan fingerprint density at radius 3 is 1.53 bits per heavy atom. The minimum Gasteiger partial charge on any atom is -0.481 e. The summed E-state index contributed by atoms with van der Waals surface area (Å²) in [6.07, 6.45) is 13.0. The first-order valence-electron chi connectivity index (χ1n) is 15.5. The third-order valence-corrected chi connectivity index (χ3v) is 6.37. The molecule has 0 aromatic carbocycles. The molecular weight excluding hydrogens is 564 g/mol. The predicted octanol–water partition coefficient (Wildman–Crippen LogP) is 2.78. The average molecular weight is 618 g/mol. The van der Waals surface area contributed by atoms with Gasteiger partial charge in [0, 0.05) is 32.2 Å². The predicted molar refractivity (Wildman–Crippen MR) is 158 cm³/mol. The molecule has 249 valence electrons. The summed E-state index contributed by atoms with van der Waals surface area (Å²) >= 11 is 0. The van der Waals surface area contributed by atoms with Crippen LogP contribution in [0.5, 0.6) is 0 Å². The van der Waals surface area contributed by atoms with Crippen LogP contribution in [0.1, 0.15) is 96.3 Å². The maximum Gasteiger partial charge on any atom is 0.326 e. The molecule has 43 heavy (non-hydrogen) atoms. The van der Waals surface area contributed by atoms with Gasteiger partial charge in [0.1, 0.15) is 6.04 Å². The number of hydrogen-bond acceptors (Lipinski definition) is 9. The number of nitrogens with one attached hydrogen (secondary N) is 2. The van der Waals surface area contributed by atoms with Gasteiger partial charge in [0.15, 0.2) is 6.29 Å². The molecule has 0 bridgehead atoms. The third-order valence-electron chi connectivity index (χ3n) is 6.37. The van der Waals surface area contributed by atoms with E-state index in [0.717, 1.165) is 38.5 Å². The largest absolute Gasteiger partial charge is 0.481 e. The normalized spacial score (nSPS) is 11.6. The maximum atomic E-state index is 11.9. The van der Waals surface area contributed by atoms with Crippen LogP contribution < -0.4 is 10.6 Å². The highest BCUT2D eigenvalue weighted by Gasteiger charge is 2.19. The molecule has 0 aromatic rings. The molecule has 1 atom stereocenters. The van der Waals surface area contributed by atoms with Crippen LogP contribution in [0.3, 0.4) is 0 Å². The van der Waals surface area contributed by atoms with E-state index in [1.165, 1.54) is 25.7 Å². The third kappa shape index (κ3) is 30.6. The van der Waals surface area contributed by atoms with Crippen LogP contribution in [0.2, 0.25) is 0 Å². The van der Waals surface area contributed by atoms with Crippen LogP contribution in [0.25, 0.3) is 0 Å². The van der Waals surface area contributed by atoms with E-state index in [0.29, 0.717) is 52.6 Å². The molecule has 0 aliphatic heterocycles. The molecule has 0 heterocycles. The van der Waals surface area contributed by atoms with E-state index >= 15 is 0 Å². The van der Waals surface area contributed by atoms with Crippen LogP contribution in [0.15, 0.2) is 0 Å². The Labute approximate surface area is 255 Å². The van der Waals surface area contributed by atoms with Crippen LogP contribution in [0, 0.1) is 0 Å². The highest BCUT2D eigenvalue weighted by atomic mass is 16.6. The molecule has 13 heteroatoms. The molecule has 0 unspecified atom stereocenters. The molecule has 2 amide bonds. The Balaban J connectivity index is 3.33. The molecule has 0 rings (SSSR count). The van der Waals surface area contributed by atoms with Gasteiger partial charge in [0.2, 0.25) is 11.8 Å². The van der Waals surface area contributed by atoms with Gasteiger partial charge in [0.05, 0.1) is 52.9 Å². The minimum absolute atomic E-state index is 0.00317. The lowest BCUT2D eigenvalue weighted by molar-refractivity contribution is -0.142. The summed E-state index contributed by atoms with van der Waals surface area (Å²) in [4.78, 5) is 55.4. The fraction of sp³-hybridized carbons (Fsp3) is 0.833. The molecule has 0 saturated carbocycles. The molecule has 1 radical (unpaired) electrons. The second-order valence-corrected chi connectivity index (χ2v) is 10.1. The van der Waals surface area contributed by atoms with Gasteiger partial charge in [-0.05, 0) is 19.3 Å². The van der Waals surface area contributed by atoms with Crippen molar-refractivity contribution in [3.63, 3.8) is 0 Å². The number of ether oxygens (including phenoxy) is 4. The maximum absolute atomic E-state index is 11.9. The van der Waals surface area contributed by atoms with Crippen molar-refractivity contribution >= 4 is 30.0 Å². The smallest absolute Gasteiger partial charge is 0.326 e. The number of carbonyl (C=O) groups excluding carboxylic acids is 3. The molecule has 0 saturated heterocycles. The van der Waals surface area contributed by atoms with Crippen molar-refractivity contribution in [1.82, 2.24) is 10.6 Å². The van der Waals surface area contributed by atoms with Gasteiger partial charge in [-0.3, -0.25) is 19.2 Å². The Morgan fingerprint density at radius 1 is 0.581 bits per heavy atom. The first-order chi connectivity index (χ1) is 20.9. The van der Waals surface area contributed by atoms with Crippen molar-refractivity contribution in [2.45, 2.75) is 102 Å². The van der Waals surface area contributed by atoms with E-state index in [9.17, 15) is 24.0 Å². The van der Waals surface area contributed by atoms with Crippen LogP contribution in [0.4, 0.5) is 0 Å². The topological polar surface area (TPSA) is 187 Å². The summed E-state index contributed by atoms with van der Waals surface area (Å²) in [6.45, 7) is 3.22. The van der Waals surface area contributed by atoms with Gasteiger partial charge < -0.3 is 39.8 Å². The molecular formula is C30H53N2O11. The van der Waals surface area contributed by atoms with Crippen molar-refractivity contribution in [1.29, 1.82) is 0 Å². The van der Waals surface area contributed by atoms with E-state index in [4.69, 9.17) is 29.2 Å². The lowest BCUT2D eigenvalue weighted by atomic mass is 10.1. The summed E-state index contributed by atoms with van der Waals surface area (Å²) in [6, 6.07) is -1.11. The minimum atomic E-state index is -1.20. The molecule has 0 aromatic heterocycles. The Morgan fingerprint density at radius 2 is 1.05 bits per heavy atom. The number of carboxylic acid groups (broad SMARTS) is 2. The summed E-state index contributed by atoms with van der Waals surface area (Å²) in [5, 5.41) is 22.8. The van der Waals surface area contributed by atoms with Crippen molar-refractivity contribution in [2.75, 3.05) is 59.4 Å². The number of carboxylic acids is 2. The van der Waals surface area contributed by atoms with E-state index in [1.54, 1.807) is 6.29 Å². The van der Waals surface area contributed by atoms with Crippen molar-refractivity contribution in [3.8, 4) is 0 Å². The fourth-order valence-corrected chi connectivity index (χ4v) is 3.98. The van der Waals surface area contributed by atoms with Crippen molar-refractivity contribution in [3.05, 3.63) is 0 Å². The van der Waals surface area contributed by atoms with Crippen LogP contribution in [-0.4, -0.2) is 106 Å². The SMILES string of the molecule is O=[C]CC[C@H](NC(=O)CCOCCOCCOCCOCCNC(=O)CCCCCCCCCCCCC(=O)O)C(=O)O. The number of hydrogen-bond donors (Lipinski definition) is 4. The highest BCUT2D eigenvalue weighted by molar-refractivity contribution is 5.83. The molecule has 0 fully saturated rings. The highest BCUT2D eigenvalue weighted by Crippen LogP contribution is 2.12. The van der Waals surface area contributed by atoms with Gasteiger partial charge in [-0.25, -0.2) is 4.79 Å². The summed E-state index contributed by atoms with van der Waals surface area (Å²) in [5.41, 5.74) is 0. The lowest BCUT2D eigenvalue weighted by Gasteiger charge is -2.13. The molecule has 0 spiro atoms. The second-order valence-electron chi connectivity index (χ2n) is 10.1. The van der Waals surface area contributed by atoms with E-state index in [1.807, 2.05) is 0 Å². The van der Waals surface area contributed by atoms with Gasteiger partial charge in [-0.15, -0.1) is 0 Å². The second kappa shape index (κ2) is 30.8. The molecule has 0 aliphatic carbocycles. The standard InChI is InChI=1S/C30H53N2O11/c33-17-11-12-26(30(38)39)32-28(35)15-18-40-20-22-42-24-25-43-23-21-41-19-16-31-27(34)13-9-7-5-3-1-2-4-6-8-10-14-29(36)37/h26H,1-16,18-25H2,(H,31,34)(H,32,35)(H,36,37)(H,38,39)/t26-/m0/s1. The number of unbranched alkanes of at least 4 members (excludes halogenated alkanes) is 9. The number of aliphatic carboxylic acids is 2. The van der Waals surface area contributed by atoms with Gasteiger partial charge in [-0.1, -0.05) is 51.4 Å². The molecule has 13 nitrogen and oxygen atoms in total. The molecule has 0 aliphatic rings. The number of rotatable bonds is 33. The monoisotopic (exact) mass is 617 g/mol. The number of carbonyl (C=O) groups is 4. The Kier molecular flexibility index (Phi) is 29.0. The van der Waals surface area contributed by atoms with Gasteiger partial charge in [-0.2, -0.15) is 0 Å². The Bertz CT molecular complexity index is 737. The fourth-order valence-electron chi connectivity index (χ4n) is 3.98. The van der Waals surface area contributed by atoms with Crippen molar-refractivity contribution in [2.24, 2.45) is 0 Å². The average Bonchev–Trinajstić information content (AvgIpc) is 2.97. The summed E-state index contributed by atoms with van der Waals surface area (Å²) < 4.78 is 21.5. The zero-order valence-corrected chi connectivity index (χ0v) is 25.6. The zero-order chi connectivity index (χ0) is 31.8.